The Kier molecular flexibility index (Phi) is 3.61. The topological polar surface area (TPSA) is 72.6 Å². The molecule has 0 aromatic heterocycles. The molecular weight excluding hydrogens is 252 g/mol. The fraction of sp³-hybridized carbons (Fsp3) is 0.500. The third-order valence-corrected chi connectivity index (χ3v) is 4.96. The Morgan fingerprint density at radius 1 is 1.28 bits per heavy atom. The van der Waals surface area contributed by atoms with E-state index < -0.39 is 10.0 Å². The molecule has 0 aliphatic carbocycles. The van der Waals surface area contributed by atoms with Crippen molar-refractivity contribution in [1.29, 1.82) is 0 Å². The minimum atomic E-state index is -3.61. The second-order valence-corrected chi connectivity index (χ2v) is 6.33. The molecule has 2 rings (SSSR count). The third kappa shape index (κ3) is 2.36. The van der Waals surface area contributed by atoms with Crippen molar-refractivity contribution < 1.29 is 13.3 Å². The zero-order valence-corrected chi connectivity index (χ0v) is 11.5. The lowest BCUT2D eigenvalue weighted by Gasteiger charge is -2.26. The van der Waals surface area contributed by atoms with Gasteiger partial charge in [-0.25, -0.2) is 8.42 Å². The molecule has 1 saturated heterocycles. The Bertz CT molecular complexity index is 549. The van der Waals surface area contributed by atoms with E-state index in [0.29, 0.717) is 18.8 Å². The number of benzene rings is 1. The van der Waals surface area contributed by atoms with Crippen LogP contribution in [0.2, 0.25) is 0 Å². The summed E-state index contributed by atoms with van der Waals surface area (Å²) in [5.74, 6) is 0. The van der Waals surface area contributed by atoms with Crippen LogP contribution in [0, 0.1) is 13.8 Å². The molecule has 18 heavy (non-hydrogen) atoms. The van der Waals surface area contributed by atoms with Crippen LogP contribution in [0.5, 0.6) is 0 Å². The average molecular weight is 270 g/mol. The van der Waals surface area contributed by atoms with E-state index in [4.69, 9.17) is 10.6 Å². The quantitative estimate of drug-likeness (QED) is 0.828. The molecular formula is C12H18N2O3S. The highest BCUT2D eigenvalue weighted by atomic mass is 32.2. The zero-order chi connectivity index (χ0) is 13.3. The second kappa shape index (κ2) is 4.87. The third-order valence-electron chi connectivity index (χ3n) is 3.16. The molecule has 1 aromatic rings. The summed E-state index contributed by atoms with van der Waals surface area (Å²) in [6.45, 7) is 4.47. The monoisotopic (exact) mass is 270 g/mol. The molecule has 0 atom stereocenters. The summed E-state index contributed by atoms with van der Waals surface area (Å²) in [4.78, 5) is 5.47. The molecule has 0 spiro atoms. The van der Waals surface area contributed by atoms with Gasteiger partial charge in [0.15, 0.2) is 0 Å². The van der Waals surface area contributed by atoms with Gasteiger partial charge in [0.2, 0.25) is 0 Å². The Labute approximate surface area is 108 Å². The van der Waals surface area contributed by atoms with Crippen LogP contribution in [0.25, 0.3) is 0 Å². The van der Waals surface area contributed by atoms with Crippen molar-refractivity contribution in [3.05, 3.63) is 23.3 Å². The van der Waals surface area contributed by atoms with Crippen LogP contribution in [0.3, 0.4) is 0 Å². The SMILES string of the molecule is Cc1cc(N)cc(S(=O)(=O)N2CCCCO2)c1C. The highest BCUT2D eigenvalue weighted by molar-refractivity contribution is 7.89. The first-order chi connectivity index (χ1) is 8.43. The van der Waals surface area contributed by atoms with Gasteiger partial charge in [-0.1, -0.05) is 4.47 Å². The first-order valence-corrected chi connectivity index (χ1v) is 7.39. The molecule has 0 amide bonds. The van der Waals surface area contributed by atoms with Gasteiger partial charge in [0.1, 0.15) is 0 Å². The van der Waals surface area contributed by atoms with E-state index in [-0.39, 0.29) is 4.90 Å². The largest absolute Gasteiger partial charge is 0.399 e. The van der Waals surface area contributed by atoms with Crippen molar-refractivity contribution >= 4 is 15.7 Å². The van der Waals surface area contributed by atoms with Crippen LogP contribution < -0.4 is 5.73 Å². The number of nitrogens with two attached hydrogens (primary N) is 1. The molecule has 0 saturated carbocycles. The predicted molar refractivity (Wildman–Crippen MR) is 69.4 cm³/mol. The summed E-state index contributed by atoms with van der Waals surface area (Å²) < 4.78 is 26.0. The van der Waals surface area contributed by atoms with E-state index >= 15 is 0 Å². The van der Waals surface area contributed by atoms with Crippen molar-refractivity contribution in [2.24, 2.45) is 0 Å². The maximum Gasteiger partial charge on any atom is 0.265 e. The number of rotatable bonds is 2. The summed E-state index contributed by atoms with van der Waals surface area (Å²) in [5, 5.41) is 0. The number of nitrogens with zero attached hydrogens (tertiary/aromatic N) is 1. The highest BCUT2D eigenvalue weighted by Crippen LogP contribution is 2.26. The van der Waals surface area contributed by atoms with Crippen LogP contribution in [0.15, 0.2) is 17.0 Å². The average Bonchev–Trinajstić information content (AvgIpc) is 2.34. The van der Waals surface area contributed by atoms with Gasteiger partial charge in [-0.2, -0.15) is 0 Å². The maximum atomic E-state index is 12.5. The minimum Gasteiger partial charge on any atom is -0.399 e. The van der Waals surface area contributed by atoms with Gasteiger partial charge in [0.05, 0.1) is 11.5 Å². The molecule has 2 N–H and O–H groups in total. The lowest BCUT2D eigenvalue weighted by atomic mass is 10.1. The fourth-order valence-electron chi connectivity index (χ4n) is 1.99. The summed E-state index contributed by atoms with van der Waals surface area (Å²) in [6.07, 6.45) is 1.71. The van der Waals surface area contributed by atoms with Gasteiger partial charge in [-0.15, -0.1) is 0 Å². The van der Waals surface area contributed by atoms with E-state index in [2.05, 4.69) is 0 Å². The first-order valence-electron chi connectivity index (χ1n) is 5.95. The van der Waals surface area contributed by atoms with Gasteiger partial charge in [0, 0.05) is 12.2 Å². The number of aryl methyl sites for hydroxylation is 1. The summed E-state index contributed by atoms with van der Waals surface area (Å²) in [7, 11) is -3.61. The van der Waals surface area contributed by atoms with Gasteiger partial charge < -0.3 is 5.73 Å². The molecule has 5 nitrogen and oxygen atoms in total. The molecule has 1 aromatic carbocycles. The normalized spacial score (nSPS) is 17.9. The summed E-state index contributed by atoms with van der Waals surface area (Å²) in [6, 6.07) is 3.26. The Morgan fingerprint density at radius 3 is 2.61 bits per heavy atom. The Balaban J connectivity index is 2.46. The van der Waals surface area contributed by atoms with Crippen molar-refractivity contribution in [2.75, 3.05) is 18.9 Å². The number of nitrogen functional groups attached to an aromatic ring is 1. The molecule has 0 unspecified atom stereocenters. The van der Waals surface area contributed by atoms with Crippen molar-refractivity contribution in [3.63, 3.8) is 0 Å². The smallest absolute Gasteiger partial charge is 0.265 e. The lowest BCUT2D eigenvalue weighted by Crippen LogP contribution is -2.36. The van der Waals surface area contributed by atoms with Crippen LogP contribution >= 0.6 is 0 Å². The van der Waals surface area contributed by atoms with Crippen LogP contribution in [-0.2, 0) is 14.9 Å². The van der Waals surface area contributed by atoms with E-state index in [9.17, 15) is 8.42 Å². The second-order valence-electron chi connectivity index (χ2n) is 4.53. The molecule has 0 radical (unpaired) electrons. The van der Waals surface area contributed by atoms with Crippen LogP contribution in [-0.4, -0.2) is 26.0 Å². The van der Waals surface area contributed by atoms with Crippen molar-refractivity contribution in [3.8, 4) is 0 Å². The standard InChI is InChI=1S/C12H18N2O3S/c1-9-7-11(13)8-12(10(9)2)18(15,16)14-5-3-4-6-17-14/h7-8H,3-6,13H2,1-2H3. The maximum absolute atomic E-state index is 12.5. The Hall–Kier alpha value is -1.11. The van der Waals surface area contributed by atoms with E-state index in [1.807, 2.05) is 6.92 Å². The fourth-order valence-corrected chi connectivity index (χ4v) is 3.63. The molecule has 1 aliphatic rings. The first kappa shape index (κ1) is 13.3. The minimum absolute atomic E-state index is 0.238. The van der Waals surface area contributed by atoms with Crippen molar-refractivity contribution in [1.82, 2.24) is 4.47 Å². The summed E-state index contributed by atoms with van der Waals surface area (Å²) in [5.41, 5.74) is 7.77. The van der Waals surface area contributed by atoms with Gasteiger partial charge in [-0.3, -0.25) is 4.84 Å². The molecule has 1 heterocycles. The van der Waals surface area contributed by atoms with Crippen molar-refractivity contribution in [2.45, 2.75) is 31.6 Å². The molecule has 1 fully saturated rings. The number of hydroxylamine groups is 1. The molecule has 1 aliphatic heterocycles. The molecule has 100 valence electrons. The van der Waals surface area contributed by atoms with E-state index in [0.717, 1.165) is 28.4 Å². The van der Waals surface area contributed by atoms with Gasteiger partial charge >= 0.3 is 0 Å². The molecule has 6 heteroatoms. The van der Waals surface area contributed by atoms with Gasteiger partial charge in [0.25, 0.3) is 10.0 Å². The zero-order valence-electron chi connectivity index (χ0n) is 10.6. The highest BCUT2D eigenvalue weighted by Gasteiger charge is 2.29. The van der Waals surface area contributed by atoms with E-state index in [1.54, 1.807) is 13.0 Å². The summed E-state index contributed by atoms with van der Waals surface area (Å²) >= 11 is 0. The van der Waals surface area contributed by atoms with Crippen LogP contribution in [0.1, 0.15) is 24.0 Å². The Morgan fingerprint density at radius 2 is 2.00 bits per heavy atom. The predicted octanol–water partition coefficient (Wildman–Crippen LogP) is 1.60. The lowest BCUT2D eigenvalue weighted by molar-refractivity contribution is -0.108. The van der Waals surface area contributed by atoms with Gasteiger partial charge in [-0.05, 0) is 49.9 Å². The number of hydrogen-bond donors (Lipinski definition) is 1. The number of hydrogen-bond acceptors (Lipinski definition) is 4. The van der Waals surface area contributed by atoms with Crippen LogP contribution in [0.4, 0.5) is 5.69 Å². The number of sulfonamides is 1. The van der Waals surface area contributed by atoms with E-state index in [1.165, 1.54) is 6.07 Å². The molecule has 0 bridgehead atoms. The number of anilines is 1.